The first-order valence-corrected chi connectivity index (χ1v) is 3.79. The van der Waals surface area contributed by atoms with Gasteiger partial charge in [-0.1, -0.05) is 24.8 Å². The smallest absolute Gasteiger partial charge is 0.333 e. The van der Waals surface area contributed by atoms with E-state index in [4.69, 9.17) is 4.74 Å². The first-order valence-electron chi connectivity index (χ1n) is 3.79. The number of allylic oxidation sites excluding steroid dienone is 3. The van der Waals surface area contributed by atoms with Gasteiger partial charge in [-0.3, -0.25) is 0 Å². The number of hydrogen-bond donors (Lipinski definition) is 0. The van der Waals surface area contributed by atoms with Crippen molar-refractivity contribution in [1.82, 2.24) is 0 Å². The van der Waals surface area contributed by atoms with Crippen LogP contribution in [0.25, 0.3) is 0 Å². The average Bonchev–Trinajstić information content (AvgIpc) is 2.03. The van der Waals surface area contributed by atoms with Crippen molar-refractivity contribution in [3.05, 3.63) is 36.5 Å². The first-order chi connectivity index (χ1) is 5.68. The summed E-state index contributed by atoms with van der Waals surface area (Å²) in [5.74, 6) is -0.347. The second-order valence-electron chi connectivity index (χ2n) is 2.33. The van der Waals surface area contributed by atoms with Gasteiger partial charge in [0.2, 0.25) is 0 Å². The lowest BCUT2D eigenvalue weighted by Crippen LogP contribution is -2.04. The van der Waals surface area contributed by atoms with E-state index in [0.717, 1.165) is 0 Å². The largest absolute Gasteiger partial charge is 0.458 e. The van der Waals surface area contributed by atoms with Crippen LogP contribution in [0.15, 0.2) is 36.5 Å². The number of esters is 1. The van der Waals surface area contributed by atoms with Crippen molar-refractivity contribution in [2.75, 3.05) is 6.61 Å². The van der Waals surface area contributed by atoms with Crippen LogP contribution in [-0.4, -0.2) is 12.6 Å². The number of carbonyl (C=O) groups excluding carboxylic acids is 1. The van der Waals surface area contributed by atoms with E-state index < -0.39 is 0 Å². The molecule has 0 aliphatic rings. The summed E-state index contributed by atoms with van der Waals surface area (Å²) in [7, 11) is 0. The Labute approximate surface area is 73.2 Å². The van der Waals surface area contributed by atoms with Gasteiger partial charge in [-0.05, 0) is 19.9 Å². The van der Waals surface area contributed by atoms with Crippen molar-refractivity contribution in [1.29, 1.82) is 0 Å². The first kappa shape index (κ1) is 10.7. The number of carbonyl (C=O) groups is 1. The fourth-order valence-electron chi connectivity index (χ4n) is 0.492. The molecule has 0 aliphatic heterocycles. The Morgan fingerprint density at radius 2 is 2.17 bits per heavy atom. The highest BCUT2D eigenvalue weighted by atomic mass is 16.5. The van der Waals surface area contributed by atoms with Gasteiger partial charge in [0.1, 0.15) is 6.61 Å². The molecule has 0 bridgehead atoms. The summed E-state index contributed by atoms with van der Waals surface area (Å²) in [4.78, 5) is 10.8. The zero-order chi connectivity index (χ0) is 9.40. The molecule has 0 N–H and O–H groups in total. The maximum absolute atomic E-state index is 10.8. The fraction of sp³-hybridized carbons (Fsp3) is 0.300. The van der Waals surface area contributed by atoms with Gasteiger partial charge in [-0.15, -0.1) is 0 Å². The molecule has 0 heterocycles. The summed E-state index contributed by atoms with van der Waals surface area (Å²) in [5.41, 5.74) is 0.425. The SMILES string of the molecule is C=C(C)C(=O)OCC=CC=CC. The van der Waals surface area contributed by atoms with Gasteiger partial charge < -0.3 is 4.74 Å². The lowest BCUT2D eigenvalue weighted by Gasteiger charge is -1.98. The molecule has 0 saturated carbocycles. The normalized spacial score (nSPS) is 10.8. The number of ether oxygens (including phenoxy) is 1. The number of hydrogen-bond acceptors (Lipinski definition) is 2. The summed E-state index contributed by atoms with van der Waals surface area (Å²) in [6.45, 7) is 7.30. The molecule has 0 amide bonds. The van der Waals surface area contributed by atoms with Crippen LogP contribution in [0.4, 0.5) is 0 Å². The van der Waals surface area contributed by atoms with Crippen LogP contribution in [0.5, 0.6) is 0 Å². The van der Waals surface area contributed by atoms with Crippen molar-refractivity contribution in [2.45, 2.75) is 13.8 Å². The summed E-state index contributed by atoms with van der Waals surface area (Å²) in [6, 6.07) is 0. The molecule has 2 nitrogen and oxygen atoms in total. The lowest BCUT2D eigenvalue weighted by atomic mass is 10.4. The third-order valence-electron chi connectivity index (χ3n) is 1.10. The summed E-state index contributed by atoms with van der Waals surface area (Å²) >= 11 is 0. The van der Waals surface area contributed by atoms with Crippen LogP contribution in [0.2, 0.25) is 0 Å². The molecule has 0 aromatic carbocycles. The van der Waals surface area contributed by atoms with Crippen LogP contribution in [-0.2, 0) is 9.53 Å². The minimum atomic E-state index is -0.347. The Kier molecular flexibility index (Phi) is 5.70. The standard InChI is InChI=1S/C10H14O2/c1-4-5-6-7-8-12-10(11)9(2)3/h4-7H,2,8H2,1,3H3. The molecule has 0 aromatic rings. The third kappa shape index (κ3) is 5.47. The van der Waals surface area contributed by atoms with Crippen molar-refractivity contribution in [2.24, 2.45) is 0 Å². The predicted molar refractivity (Wildman–Crippen MR) is 49.7 cm³/mol. The zero-order valence-corrected chi connectivity index (χ0v) is 7.54. The second kappa shape index (κ2) is 6.40. The lowest BCUT2D eigenvalue weighted by molar-refractivity contribution is -0.137. The van der Waals surface area contributed by atoms with Gasteiger partial charge in [0, 0.05) is 5.57 Å². The molecular formula is C10H14O2. The molecule has 0 unspecified atom stereocenters. The van der Waals surface area contributed by atoms with Gasteiger partial charge in [-0.2, -0.15) is 0 Å². The third-order valence-corrected chi connectivity index (χ3v) is 1.10. The van der Waals surface area contributed by atoms with E-state index in [9.17, 15) is 4.79 Å². The van der Waals surface area contributed by atoms with Crippen LogP contribution in [0.3, 0.4) is 0 Å². The van der Waals surface area contributed by atoms with E-state index in [1.54, 1.807) is 13.0 Å². The Bertz CT molecular complexity index is 212. The Hall–Kier alpha value is -1.31. The van der Waals surface area contributed by atoms with E-state index >= 15 is 0 Å². The highest BCUT2D eigenvalue weighted by molar-refractivity contribution is 5.86. The van der Waals surface area contributed by atoms with Crippen LogP contribution in [0, 0.1) is 0 Å². The van der Waals surface area contributed by atoms with Crippen molar-refractivity contribution in [3.63, 3.8) is 0 Å². The van der Waals surface area contributed by atoms with Gasteiger partial charge in [0.15, 0.2) is 0 Å². The summed E-state index contributed by atoms with van der Waals surface area (Å²) in [5, 5.41) is 0. The molecule has 2 heteroatoms. The van der Waals surface area contributed by atoms with Gasteiger partial charge in [0.05, 0.1) is 0 Å². The van der Waals surface area contributed by atoms with E-state index in [0.29, 0.717) is 12.2 Å². The molecule has 0 radical (unpaired) electrons. The molecule has 66 valence electrons. The summed E-state index contributed by atoms with van der Waals surface area (Å²) < 4.78 is 4.79. The topological polar surface area (TPSA) is 26.3 Å². The van der Waals surface area contributed by atoms with Crippen LogP contribution >= 0.6 is 0 Å². The molecule has 0 saturated heterocycles. The van der Waals surface area contributed by atoms with Crippen LogP contribution in [0.1, 0.15) is 13.8 Å². The van der Waals surface area contributed by atoms with Crippen molar-refractivity contribution in [3.8, 4) is 0 Å². The molecule has 0 aromatic heterocycles. The van der Waals surface area contributed by atoms with Crippen LogP contribution < -0.4 is 0 Å². The van der Waals surface area contributed by atoms with E-state index in [1.807, 2.05) is 25.2 Å². The highest BCUT2D eigenvalue weighted by Gasteiger charge is 1.99. The summed E-state index contributed by atoms with van der Waals surface area (Å²) in [6.07, 6.45) is 7.36. The Morgan fingerprint density at radius 1 is 1.50 bits per heavy atom. The molecule has 0 atom stereocenters. The van der Waals surface area contributed by atoms with Gasteiger partial charge in [0.25, 0.3) is 0 Å². The highest BCUT2D eigenvalue weighted by Crippen LogP contribution is 1.91. The molecule has 0 aliphatic carbocycles. The Balaban J connectivity index is 3.56. The maximum atomic E-state index is 10.8. The minimum absolute atomic E-state index is 0.302. The van der Waals surface area contributed by atoms with E-state index in [1.165, 1.54) is 0 Å². The molecule has 12 heavy (non-hydrogen) atoms. The van der Waals surface area contributed by atoms with Gasteiger partial charge in [-0.25, -0.2) is 4.79 Å². The minimum Gasteiger partial charge on any atom is -0.458 e. The number of rotatable bonds is 4. The predicted octanol–water partition coefficient (Wildman–Crippen LogP) is 2.24. The second-order valence-corrected chi connectivity index (χ2v) is 2.33. The quantitative estimate of drug-likeness (QED) is 0.363. The molecule has 0 spiro atoms. The van der Waals surface area contributed by atoms with E-state index in [-0.39, 0.29) is 5.97 Å². The van der Waals surface area contributed by atoms with Gasteiger partial charge >= 0.3 is 5.97 Å². The molecule has 0 fully saturated rings. The maximum Gasteiger partial charge on any atom is 0.333 e. The zero-order valence-electron chi connectivity index (χ0n) is 7.54. The Morgan fingerprint density at radius 3 is 2.67 bits per heavy atom. The fourth-order valence-corrected chi connectivity index (χ4v) is 0.492. The molecule has 0 rings (SSSR count). The average molecular weight is 166 g/mol. The monoisotopic (exact) mass is 166 g/mol. The van der Waals surface area contributed by atoms with Crippen molar-refractivity contribution < 1.29 is 9.53 Å². The molecular weight excluding hydrogens is 152 g/mol. The van der Waals surface area contributed by atoms with Crippen molar-refractivity contribution >= 4 is 5.97 Å². The van der Waals surface area contributed by atoms with E-state index in [2.05, 4.69) is 6.58 Å².